The van der Waals surface area contributed by atoms with Crippen molar-refractivity contribution in [2.75, 3.05) is 33.0 Å². The summed E-state index contributed by atoms with van der Waals surface area (Å²) < 4.78 is 34.2. The van der Waals surface area contributed by atoms with Crippen LogP contribution < -0.4 is 0 Å². The lowest BCUT2D eigenvalue weighted by Gasteiger charge is -2.42. The van der Waals surface area contributed by atoms with Crippen molar-refractivity contribution >= 4 is 5.97 Å². The van der Waals surface area contributed by atoms with Gasteiger partial charge in [-0.25, -0.2) is 0 Å². The quantitative estimate of drug-likeness (QED) is 0.0220. The minimum absolute atomic E-state index is 0.0630. The van der Waals surface area contributed by atoms with E-state index < -0.39 is 80.7 Å². The molecule has 2 aliphatic rings. The van der Waals surface area contributed by atoms with E-state index in [1.54, 1.807) is 0 Å². The summed E-state index contributed by atoms with van der Waals surface area (Å²) in [5, 5.41) is 71.9. The molecule has 354 valence electrons. The summed E-state index contributed by atoms with van der Waals surface area (Å²) in [5.41, 5.74) is 0. The average molecular weight is 863 g/mol. The molecule has 14 nitrogen and oxygen atoms in total. The molecule has 2 heterocycles. The minimum Gasteiger partial charge on any atom is -0.457 e. The van der Waals surface area contributed by atoms with Crippen molar-refractivity contribution in [3.63, 3.8) is 0 Å². The molecule has 2 saturated heterocycles. The van der Waals surface area contributed by atoms with Crippen LogP contribution in [0.1, 0.15) is 174 Å². The summed E-state index contributed by atoms with van der Waals surface area (Å²) in [6, 6.07) is 0. The number of carbonyl (C=O) groups excluding carboxylic acids is 1. The van der Waals surface area contributed by atoms with Crippen molar-refractivity contribution in [1.29, 1.82) is 0 Å². The molecule has 2 rings (SSSR count). The second kappa shape index (κ2) is 35.1. The number of aliphatic hydroxyl groups is 7. The van der Waals surface area contributed by atoms with E-state index in [0.29, 0.717) is 13.0 Å². The number of unbranched alkanes of at least 4 members (excludes halogenated alkanes) is 21. The number of carbonyl (C=O) groups is 1. The molecular formula is C46H86O14. The average Bonchev–Trinajstić information content (AvgIpc) is 3.24. The lowest BCUT2D eigenvalue weighted by atomic mass is 9.98. The molecule has 60 heavy (non-hydrogen) atoms. The zero-order chi connectivity index (χ0) is 43.8. The lowest BCUT2D eigenvalue weighted by Crippen LogP contribution is -2.61. The van der Waals surface area contributed by atoms with Crippen molar-refractivity contribution in [3.8, 4) is 0 Å². The molecule has 0 aromatic carbocycles. The largest absolute Gasteiger partial charge is 0.457 e. The highest BCUT2D eigenvalue weighted by atomic mass is 16.7. The van der Waals surface area contributed by atoms with Gasteiger partial charge >= 0.3 is 5.97 Å². The SMILES string of the molecule is CCCCCCCC/C=C\CCCCCCCC(=O)OC(COCCCCCCCCCCCCC)COC1OC(COC2OC(CO)C(O)C(O)C2O)C(O)C(O)C1O. The molecule has 11 unspecified atom stereocenters. The topological polar surface area (TPSA) is 214 Å². The van der Waals surface area contributed by atoms with Gasteiger partial charge in [0.15, 0.2) is 12.6 Å². The van der Waals surface area contributed by atoms with Crippen LogP contribution in [0.15, 0.2) is 12.2 Å². The number of ether oxygens (including phenoxy) is 6. The maximum Gasteiger partial charge on any atom is 0.306 e. The van der Waals surface area contributed by atoms with Crippen LogP contribution in [0.2, 0.25) is 0 Å². The number of allylic oxidation sites excluding steroid dienone is 2. The van der Waals surface area contributed by atoms with Gasteiger partial charge in [-0.15, -0.1) is 0 Å². The summed E-state index contributed by atoms with van der Waals surface area (Å²) in [6.45, 7) is 3.67. The Bertz CT molecular complexity index is 1050. The zero-order valence-electron chi connectivity index (χ0n) is 37.2. The molecule has 0 bridgehead atoms. The Morgan fingerprint density at radius 1 is 0.533 bits per heavy atom. The van der Waals surface area contributed by atoms with Gasteiger partial charge < -0.3 is 64.2 Å². The molecule has 0 radical (unpaired) electrons. The molecule has 0 amide bonds. The highest BCUT2D eigenvalue weighted by molar-refractivity contribution is 5.69. The molecule has 11 atom stereocenters. The summed E-state index contributed by atoms with van der Waals surface area (Å²) in [6.07, 6.45) is 17.1. The first-order chi connectivity index (χ1) is 29.1. The van der Waals surface area contributed by atoms with Gasteiger partial charge in [-0.2, -0.15) is 0 Å². The molecule has 0 aromatic heterocycles. The molecule has 2 fully saturated rings. The van der Waals surface area contributed by atoms with E-state index in [0.717, 1.165) is 57.8 Å². The Morgan fingerprint density at radius 3 is 1.52 bits per heavy atom. The second-order valence-electron chi connectivity index (χ2n) is 16.9. The predicted octanol–water partition coefficient (Wildman–Crippen LogP) is 5.90. The van der Waals surface area contributed by atoms with Crippen molar-refractivity contribution in [2.24, 2.45) is 0 Å². The number of esters is 1. The van der Waals surface area contributed by atoms with Crippen LogP contribution in [-0.4, -0.2) is 142 Å². The third-order valence-corrected chi connectivity index (χ3v) is 11.5. The van der Waals surface area contributed by atoms with Crippen LogP contribution in [-0.2, 0) is 33.2 Å². The van der Waals surface area contributed by atoms with Gasteiger partial charge in [0.1, 0.15) is 54.9 Å². The van der Waals surface area contributed by atoms with Gasteiger partial charge in [-0.1, -0.05) is 142 Å². The van der Waals surface area contributed by atoms with Gasteiger partial charge in [0.25, 0.3) is 0 Å². The van der Waals surface area contributed by atoms with E-state index in [2.05, 4.69) is 26.0 Å². The third-order valence-electron chi connectivity index (χ3n) is 11.5. The first-order valence-electron chi connectivity index (χ1n) is 23.8. The maximum atomic E-state index is 12.9. The summed E-state index contributed by atoms with van der Waals surface area (Å²) in [4.78, 5) is 12.9. The highest BCUT2D eigenvalue weighted by Gasteiger charge is 2.47. The van der Waals surface area contributed by atoms with Crippen molar-refractivity contribution in [1.82, 2.24) is 0 Å². The van der Waals surface area contributed by atoms with E-state index in [-0.39, 0.29) is 25.6 Å². The van der Waals surface area contributed by atoms with Crippen LogP contribution in [0.25, 0.3) is 0 Å². The fourth-order valence-electron chi connectivity index (χ4n) is 7.57. The number of aliphatic hydroxyl groups excluding tert-OH is 7. The Labute approximate surface area is 361 Å². The van der Waals surface area contributed by atoms with E-state index in [1.165, 1.54) is 89.9 Å². The first-order valence-corrected chi connectivity index (χ1v) is 23.8. The van der Waals surface area contributed by atoms with Crippen molar-refractivity contribution < 1.29 is 69.0 Å². The van der Waals surface area contributed by atoms with E-state index >= 15 is 0 Å². The fraction of sp³-hybridized carbons (Fsp3) is 0.935. The minimum atomic E-state index is -1.70. The standard InChI is InChI=1S/C46H86O14/c1-3-5-7-9-11-13-15-16-17-18-19-21-23-25-27-29-38(48)58-35(32-55-30-28-26-24-22-20-14-12-10-8-6-4-2)33-56-45-44(54)42(52)40(50)37(60-45)34-57-46-43(53)41(51)39(49)36(31-47)59-46/h16-17,35-37,39-47,49-54H,3-15,18-34H2,1-2H3/b17-16-. The fourth-order valence-corrected chi connectivity index (χ4v) is 7.57. The smallest absolute Gasteiger partial charge is 0.306 e. The van der Waals surface area contributed by atoms with Gasteiger partial charge in [-0.05, 0) is 38.5 Å². The molecule has 0 aromatic rings. The molecule has 2 aliphatic heterocycles. The van der Waals surface area contributed by atoms with Crippen molar-refractivity contribution in [3.05, 3.63) is 12.2 Å². The van der Waals surface area contributed by atoms with Gasteiger partial charge in [0, 0.05) is 13.0 Å². The van der Waals surface area contributed by atoms with Crippen molar-refractivity contribution in [2.45, 2.75) is 242 Å². The summed E-state index contributed by atoms with van der Waals surface area (Å²) in [5.74, 6) is -0.383. The number of hydrogen-bond donors (Lipinski definition) is 7. The Kier molecular flexibility index (Phi) is 32.1. The molecular weight excluding hydrogens is 776 g/mol. The third kappa shape index (κ3) is 23.4. The Balaban J connectivity index is 1.80. The molecule has 0 saturated carbocycles. The van der Waals surface area contributed by atoms with E-state index in [4.69, 9.17) is 28.4 Å². The van der Waals surface area contributed by atoms with Gasteiger partial charge in [0.2, 0.25) is 0 Å². The van der Waals surface area contributed by atoms with Gasteiger partial charge in [0.05, 0.1) is 26.4 Å². The van der Waals surface area contributed by atoms with Crippen LogP contribution in [0.4, 0.5) is 0 Å². The molecule has 7 N–H and O–H groups in total. The molecule has 14 heteroatoms. The molecule has 0 spiro atoms. The monoisotopic (exact) mass is 863 g/mol. The number of hydrogen-bond acceptors (Lipinski definition) is 14. The van der Waals surface area contributed by atoms with E-state index in [1.807, 2.05) is 0 Å². The lowest BCUT2D eigenvalue weighted by molar-refractivity contribution is -0.332. The van der Waals surface area contributed by atoms with Crippen LogP contribution in [0.3, 0.4) is 0 Å². The van der Waals surface area contributed by atoms with Gasteiger partial charge in [-0.3, -0.25) is 4.79 Å². The van der Waals surface area contributed by atoms with E-state index in [9.17, 15) is 40.5 Å². The van der Waals surface area contributed by atoms with Crippen LogP contribution in [0, 0.1) is 0 Å². The Hall–Kier alpha value is -1.27. The molecule has 0 aliphatic carbocycles. The zero-order valence-corrected chi connectivity index (χ0v) is 37.2. The maximum absolute atomic E-state index is 12.9. The first kappa shape index (κ1) is 54.9. The highest BCUT2D eigenvalue weighted by Crippen LogP contribution is 2.26. The Morgan fingerprint density at radius 2 is 0.983 bits per heavy atom. The van der Waals surface area contributed by atoms with Crippen LogP contribution in [0.5, 0.6) is 0 Å². The second-order valence-corrected chi connectivity index (χ2v) is 16.9. The summed E-state index contributed by atoms with van der Waals surface area (Å²) in [7, 11) is 0. The predicted molar refractivity (Wildman–Crippen MR) is 229 cm³/mol. The normalized spacial score (nSPS) is 27.8. The summed E-state index contributed by atoms with van der Waals surface area (Å²) >= 11 is 0. The van der Waals surface area contributed by atoms with Crippen LogP contribution >= 0.6 is 0 Å². The number of rotatable bonds is 37.